The van der Waals surface area contributed by atoms with Gasteiger partial charge >= 0.3 is 0 Å². The van der Waals surface area contributed by atoms with Crippen LogP contribution in [0, 0.1) is 0 Å². The maximum absolute atomic E-state index is 11.6. The van der Waals surface area contributed by atoms with Crippen LogP contribution in [0.2, 0.25) is 0 Å². The van der Waals surface area contributed by atoms with E-state index >= 15 is 0 Å². The third-order valence-electron chi connectivity index (χ3n) is 4.55. The van der Waals surface area contributed by atoms with Crippen LogP contribution in [0.5, 0.6) is 0 Å². The number of carbonyl (C=O) groups excluding carboxylic acids is 2. The molecule has 0 N–H and O–H groups in total. The first-order valence-corrected chi connectivity index (χ1v) is 7.72. The van der Waals surface area contributed by atoms with E-state index in [1.807, 2.05) is 9.80 Å². The summed E-state index contributed by atoms with van der Waals surface area (Å²) in [6.07, 6.45) is 3.46. The first-order chi connectivity index (χ1) is 9.72. The highest BCUT2D eigenvalue weighted by Gasteiger charge is 2.27. The first kappa shape index (κ1) is 16.5. The molecule has 0 aliphatic carbocycles. The van der Waals surface area contributed by atoms with E-state index in [0.717, 1.165) is 78.3 Å². The largest absolute Gasteiger partial charge is 1.00 e. The van der Waals surface area contributed by atoms with Gasteiger partial charge in [0.15, 0.2) is 0 Å². The van der Waals surface area contributed by atoms with Gasteiger partial charge in [-0.05, 0) is 12.8 Å². The van der Waals surface area contributed by atoms with E-state index < -0.39 is 0 Å². The van der Waals surface area contributed by atoms with Crippen molar-refractivity contribution < 1.29 is 22.0 Å². The van der Waals surface area contributed by atoms with Gasteiger partial charge in [0.2, 0.25) is 11.8 Å². The van der Waals surface area contributed by atoms with Crippen LogP contribution in [0.3, 0.4) is 0 Å². The molecule has 3 aliphatic heterocycles. The Morgan fingerprint density at radius 1 is 0.667 bits per heavy atom. The molecule has 3 saturated heterocycles. The molecule has 2 amide bonds. The van der Waals surface area contributed by atoms with Crippen molar-refractivity contribution in [3.63, 3.8) is 0 Å². The van der Waals surface area contributed by atoms with Gasteiger partial charge in [-0.15, -0.1) is 0 Å². The van der Waals surface area contributed by atoms with Crippen molar-refractivity contribution in [3.05, 3.63) is 0 Å². The van der Waals surface area contributed by atoms with Crippen LogP contribution in [0.1, 0.15) is 25.7 Å². The number of nitrogens with zero attached hydrogens (tertiary/aromatic N) is 4. The van der Waals surface area contributed by atoms with Gasteiger partial charge in [-0.25, -0.2) is 0 Å². The molecule has 0 bridgehead atoms. The molecule has 7 heteroatoms. The predicted molar refractivity (Wildman–Crippen MR) is 74.8 cm³/mol. The molecule has 3 fully saturated rings. The van der Waals surface area contributed by atoms with Crippen LogP contribution < -0.4 is 12.4 Å². The monoisotopic (exact) mass is 315 g/mol. The molecule has 0 radical (unpaired) electrons. The average molecular weight is 316 g/mol. The van der Waals surface area contributed by atoms with Gasteiger partial charge in [-0.3, -0.25) is 19.4 Å². The Morgan fingerprint density at radius 3 is 1.33 bits per heavy atom. The summed E-state index contributed by atoms with van der Waals surface area (Å²) in [7, 11) is 0. The Kier molecular flexibility index (Phi) is 5.84. The van der Waals surface area contributed by atoms with Gasteiger partial charge in [0.1, 0.15) is 0 Å². The van der Waals surface area contributed by atoms with Crippen molar-refractivity contribution in [1.29, 1.82) is 0 Å². The van der Waals surface area contributed by atoms with E-state index in [0.29, 0.717) is 11.8 Å². The lowest BCUT2D eigenvalue weighted by atomic mass is 10.3. The Bertz CT molecular complexity index is 349. The number of carbonyl (C=O) groups is 2. The molecule has 0 spiro atoms. The van der Waals surface area contributed by atoms with Gasteiger partial charge in [0, 0.05) is 52.1 Å². The van der Waals surface area contributed by atoms with E-state index in [1.54, 1.807) is 0 Å². The molecule has 3 heterocycles. The summed E-state index contributed by atoms with van der Waals surface area (Å²) in [5.74, 6) is 0.602. The van der Waals surface area contributed by atoms with Crippen LogP contribution in [0.25, 0.3) is 0 Å². The van der Waals surface area contributed by atoms with Crippen molar-refractivity contribution >= 4 is 11.8 Å². The maximum Gasteiger partial charge on any atom is 0.223 e. The standard InChI is InChI=1S/C14H24N4O2.ClH/c19-13-3-1-5-17(13)11-15-7-9-16(10-8-15)12-18-6-2-4-14(18)20;/h1-12H2;1H/p-1. The molecular weight excluding hydrogens is 292 g/mol. The van der Waals surface area contributed by atoms with Gasteiger partial charge < -0.3 is 22.2 Å². The fourth-order valence-electron chi connectivity index (χ4n) is 3.26. The van der Waals surface area contributed by atoms with Crippen LogP contribution in [-0.2, 0) is 9.59 Å². The third kappa shape index (κ3) is 4.08. The number of amides is 2. The molecular formula is C14H24ClN4O2-. The number of likely N-dealkylation sites (tertiary alicyclic amines) is 2. The summed E-state index contributed by atoms with van der Waals surface area (Å²) >= 11 is 0. The van der Waals surface area contributed by atoms with Crippen LogP contribution in [-0.4, -0.2) is 84.0 Å². The summed E-state index contributed by atoms with van der Waals surface area (Å²) in [6.45, 7) is 7.38. The normalized spacial score (nSPS) is 24.8. The van der Waals surface area contributed by atoms with Crippen molar-refractivity contribution in [1.82, 2.24) is 19.6 Å². The highest BCUT2D eigenvalue weighted by atomic mass is 35.5. The highest BCUT2D eigenvalue weighted by molar-refractivity contribution is 5.78. The molecule has 21 heavy (non-hydrogen) atoms. The Morgan fingerprint density at radius 2 is 1.05 bits per heavy atom. The molecule has 6 nitrogen and oxygen atoms in total. The number of hydrogen-bond acceptors (Lipinski definition) is 4. The highest BCUT2D eigenvalue weighted by Crippen LogP contribution is 2.14. The molecule has 0 aromatic rings. The smallest absolute Gasteiger partial charge is 0.223 e. The fourth-order valence-corrected chi connectivity index (χ4v) is 3.26. The van der Waals surface area contributed by atoms with Crippen molar-refractivity contribution in [3.8, 4) is 0 Å². The second kappa shape index (κ2) is 7.42. The average Bonchev–Trinajstić information content (AvgIpc) is 3.02. The van der Waals surface area contributed by atoms with Crippen LogP contribution in [0.15, 0.2) is 0 Å². The first-order valence-electron chi connectivity index (χ1n) is 7.72. The molecule has 3 aliphatic rings. The Labute approximate surface area is 132 Å². The lowest BCUT2D eigenvalue weighted by Gasteiger charge is -2.38. The van der Waals surface area contributed by atoms with Crippen LogP contribution in [0.4, 0.5) is 0 Å². The van der Waals surface area contributed by atoms with Gasteiger partial charge in [-0.2, -0.15) is 0 Å². The lowest BCUT2D eigenvalue weighted by molar-refractivity contribution is -0.132. The fraction of sp³-hybridized carbons (Fsp3) is 0.857. The number of rotatable bonds is 4. The third-order valence-corrected chi connectivity index (χ3v) is 4.55. The quantitative estimate of drug-likeness (QED) is 0.547. The summed E-state index contributed by atoms with van der Waals surface area (Å²) < 4.78 is 0. The Hall–Kier alpha value is -0.850. The maximum atomic E-state index is 11.6. The van der Waals surface area contributed by atoms with E-state index in [-0.39, 0.29) is 12.4 Å². The van der Waals surface area contributed by atoms with Gasteiger partial charge in [0.25, 0.3) is 0 Å². The summed E-state index contributed by atoms with van der Waals surface area (Å²) in [4.78, 5) is 31.9. The minimum atomic E-state index is 0. The second-order valence-electron chi connectivity index (χ2n) is 6.04. The van der Waals surface area contributed by atoms with Gasteiger partial charge in [-0.1, -0.05) is 0 Å². The molecule has 0 unspecified atom stereocenters. The Balaban J connectivity index is 0.00000161. The van der Waals surface area contributed by atoms with E-state index in [4.69, 9.17) is 0 Å². The molecule has 0 saturated carbocycles. The zero-order chi connectivity index (χ0) is 13.9. The predicted octanol–water partition coefficient (Wildman–Crippen LogP) is -3.23. The summed E-state index contributed by atoms with van der Waals surface area (Å²) in [5, 5.41) is 0. The van der Waals surface area contributed by atoms with Crippen molar-refractivity contribution in [2.45, 2.75) is 25.7 Å². The molecule has 120 valence electrons. The SMILES string of the molecule is O=C1CCCN1CN1CCN(CN2CCCC2=O)CC1.[Cl-]. The number of hydrogen-bond donors (Lipinski definition) is 0. The molecule has 3 rings (SSSR count). The lowest BCUT2D eigenvalue weighted by Crippen LogP contribution is -3.00. The molecule has 0 aromatic heterocycles. The van der Waals surface area contributed by atoms with Crippen LogP contribution >= 0.6 is 0 Å². The molecule has 0 atom stereocenters. The minimum absolute atomic E-state index is 0. The topological polar surface area (TPSA) is 47.1 Å². The summed E-state index contributed by atoms with van der Waals surface area (Å²) in [6, 6.07) is 0. The number of halogens is 1. The molecule has 0 aromatic carbocycles. The van der Waals surface area contributed by atoms with E-state index in [9.17, 15) is 9.59 Å². The zero-order valence-corrected chi connectivity index (χ0v) is 13.2. The zero-order valence-electron chi connectivity index (χ0n) is 12.5. The minimum Gasteiger partial charge on any atom is -1.00 e. The van der Waals surface area contributed by atoms with E-state index in [2.05, 4.69) is 9.80 Å². The van der Waals surface area contributed by atoms with Gasteiger partial charge in [0.05, 0.1) is 13.3 Å². The van der Waals surface area contributed by atoms with E-state index in [1.165, 1.54) is 0 Å². The van der Waals surface area contributed by atoms with Crippen molar-refractivity contribution in [2.75, 3.05) is 52.6 Å². The van der Waals surface area contributed by atoms with Crippen molar-refractivity contribution in [2.24, 2.45) is 0 Å². The number of piperazine rings is 1. The summed E-state index contributed by atoms with van der Waals surface area (Å²) in [5.41, 5.74) is 0. The second-order valence-corrected chi connectivity index (χ2v) is 6.04.